The number of rotatable bonds is 4. The van der Waals surface area contributed by atoms with Gasteiger partial charge >= 0.3 is 6.03 Å². The highest BCUT2D eigenvalue weighted by Crippen LogP contribution is 2.28. The Morgan fingerprint density at radius 3 is 3.00 bits per heavy atom. The molecule has 2 heterocycles. The SMILES string of the molecule is CC(=O)Nc1nc2ccc(NC(=O)NC[C@H]3CCCO3)cc2s1. The zero-order chi connectivity index (χ0) is 16.2. The average Bonchev–Trinajstić information content (AvgIpc) is 3.12. The van der Waals surface area contributed by atoms with Crippen LogP contribution in [0.3, 0.4) is 0 Å². The van der Waals surface area contributed by atoms with Crippen LogP contribution in [0, 0.1) is 0 Å². The number of hydrogen-bond acceptors (Lipinski definition) is 5. The Bertz CT molecular complexity index is 725. The second-order valence-electron chi connectivity index (χ2n) is 5.35. The summed E-state index contributed by atoms with van der Waals surface area (Å²) in [5.74, 6) is -0.157. The molecule has 2 aromatic rings. The first kappa shape index (κ1) is 15.7. The zero-order valence-corrected chi connectivity index (χ0v) is 13.5. The Hall–Kier alpha value is -2.19. The minimum absolute atomic E-state index is 0.116. The van der Waals surface area contributed by atoms with E-state index in [9.17, 15) is 9.59 Å². The van der Waals surface area contributed by atoms with Crippen LogP contribution >= 0.6 is 11.3 Å². The van der Waals surface area contributed by atoms with Gasteiger partial charge in [-0.3, -0.25) is 4.79 Å². The quantitative estimate of drug-likeness (QED) is 0.801. The summed E-state index contributed by atoms with van der Waals surface area (Å²) in [6.07, 6.45) is 2.15. The molecule has 0 spiro atoms. The Balaban J connectivity index is 1.60. The van der Waals surface area contributed by atoms with Gasteiger partial charge in [0.15, 0.2) is 5.13 Å². The van der Waals surface area contributed by atoms with Gasteiger partial charge in [0, 0.05) is 25.8 Å². The summed E-state index contributed by atoms with van der Waals surface area (Å²) in [5.41, 5.74) is 1.46. The van der Waals surface area contributed by atoms with Gasteiger partial charge in [0.1, 0.15) is 0 Å². The maximum atomic E-state index is 11.9. The highest BCUT2D eigenvalue weighted by Gasteiger charge is 2.16. The molecule has 0 unspecified atom stereocenters. The molecule has 23 heavy (non-hydrogen) atoms. The number of ether oxygens (including phenoxy) is 1. The number of amides is 3. The maximum Gasteiger partial charge on any atom is 0.319 e. The minimum atomic E-state index is -0.258. The minimum Gasteiger partial charge on any atom is -0.376 e. The fourth-order valence-corrected chi connectivity index (χ4v) is 3.34. The lowest BCUT2D eigenvalue weighted by Gasteiger charge is -2.11. The van der Waals surface area contributed by atoms with Gasteiger partial charge in [0.05, 0.1) is 16.3 Å². The van der Waals surface area contributed by atoms with E-state index >= 15 is 0 Å². The van der Waals surface area contributed by atoms with Crippen molar-refractivity contribution in [3.63, 3.8) is 0 Å². The molecule has 1 atom stereocenters. The standard InChI is InChI=1S/C15H18N4O3S/c1-9(20)17-15-19-12-5-4-10(7-13(12)23-15)18-14(21)16-8-11-3-2-6-22-11/h4-5,7,11H,2-3,6,8H2,1H3,(H2,16,18,21)(H,17,19,20)/t11-/m1/s1. The maximum absolute atomic E-state index is 11.9. The fourth-order valence-electron chi connectivity index (χ4n) is 2.39. The van der Waals surface area contributed by atoms with Gasteiger partial charge in [0.2, 0.25) is 5.91 Å². The van der Waals surface area contributed by atoms with Crippen LogP contribution in [0.15, 0.2) is 18.2 Å². The summed E-state index contributed by atoms with van der Waals surface area (Å²) < 4.78 is 6.36. The summed E-state index contributed by atoms with van der Waals surface area (Å²) >= 11 is 1.37. The van der Waals surface area contributed by atoms with Crippen LogP contribution in [0.1, 0.15) is 19.8 Å². The van der Waals surface area contributed by atoms with E-state index in [-0.39, 0.29) is 18.0 Å². The predicted molar refractivity (Wildman–Crippen MR) is 89.9 cm³/mol. The van der Waals surface area contributed by atoms with Gasteiger partial charge in [-0.25, -0.2) is 9.78 Å². The van der Waals surface area contributed by atoms with Gasteiger partial charge in [-0.15, -0.1) is 0 Å². The smallest absolute Gasteiger partial charge is 0.319 e. The monoisotopic (exact) mass is 334 g/mol. The van der Waals surface area contributed by atoms with Gasteiger partial charge in [0.25, 0.3) is 0 Å². The number of hydrogen-bond donors (Lipinski definition) is 3. The highest BCUT2D eigenvalue weighted by atomic mass is 32.1. The summed E-state index contributed by atoms with van der Waals surface area (Å²) in [6, 6.07) is 5.17. The molecule has 1 aliphatic heterocycles. The molecule has 8 heteroatoms. The third-order valence-corrected chi connectivity index (χ3v) is 4.38. The molecule has 0 bridgehead atoms. The van der Waals surface area contributed by atoms with E-state index in [0.717, 1.165) is 29.7 Å². The van der Waals surface area contributed by atoms with Crippen molar-refractivity contribution >= 4 is 44.3 Å². The van der Waals surface area contributed by atoms with E-state index in [1.165, 1.54) is 18.3 Å². The van der Waals surface area contributed by atoms with Gasteiger partial charge < -0.3 is 20.7 Å². The van der Waals surface area contributed by atoms with Crippen LogP contribution in [0.5, 0.6) is 0 Å². The molecule has 3 amide bonds. The number of aromatic nitrogens is 1. The molecule has 3 N–H and O–H groups in total. The number of thiazole rings is 1. The van der Waals surface area contributed by atoms with Crippen LogP contribution in [0.25, 0.3) is 10.2 Å². The molecule has 7 nitrogen and oxygen atoms in total. The lowest BCUT2D eigenvalue weighted by molar-refractivity contribution is -0.114. The first-order valence-corrected chi connectivity index (χ1v) is 8.26. The molecular weight excluding hydrogens is 316 g/mol. The van der Waals surface area contributed by atoms with Crippen LogP contribution in [0.4, 0.5) is 15.6 Å². The van der Waals surface area contributed by atoms with Crippen LogP contribution in [-0.4, -0.2) is 36.2 Å². The molecule has 1 saturated heterocycles. The summed E-state index contributed by atoms with van der Waals surface area (Å²) in [6.45, 7) is 2.73. The summed E-state index contributed by atoms with van der Waals surface area (Å²) in [4.78, 5) is 27.3. The van der Waals surface area contributed by atoms with E-state index in [1.54, 1.807) is 6.07 Å². The topological polar surface area (TPSA) is 92.4 Å². The molecule has 122 valence electrons. The Kier molecular flexibility index (Phi) is 4.73. The molecular formula is C15H18N4O3S. The largest absolute Gasteiger partial charge is 0.376 e. The predicted octanol–water partition coefficient (Wildman–Crippen LogP) is 2.56. The van der Waals surface area contributed by atoms with Gasteiger partial charge in [-0.05, 0) is 31.0 Å². The van der Waals surface area contributed by atoms with Crippen molar-refractivity contribution < 1.29 is 14.3 Å². The number of nitrogens with one attached hydrogen (secondary N) is 3. The number of nitrogens with zero attached hydrogens (tertiary/aromatic N) is 1. The Morgan fingerprint density at radius 1 is 1.39 bits per heavy atom. The number of urea groups is 1. The van der Waals surface area contributed by atoms with Gasteiger partial charge in [-0.1, -0.05) is 11.3 Å². The first-order chi connectivity index (χ1) is 11.1. The van der Waals surface area contributed by atoms with E-state index in [2.05, 4.69) is 20.9 Å². The summed E-state index contributed by atoms with van der Waals surface area (Å²) in [5, 5.41) is 8.81. The molecule has 3 rings (SSSR count). The normalized spacial score (nSPS) is 17.2. The van der Waals surface area contributed by atoms with Crippen LogP contribution in [-0.2, 0) is 9.53 Å². The number of carbonyl (C=O) groups is 2. The first-order valence-electron chi connectivity index (χ1n) is 7.45. The summed E-state index contributed by atoms with van der Waals surface area (Å²) in [7, 11) is 0. The molecule has 1 aromatic heterocycles. The number of carbonyl (C=O) groups excluding carboxylic acids is 2. The van der Waals surface area contributed by atoms with Gasteiger partial charge in [-0.2, -0.15) is 0 Å². The fraction of sp³-hybridized carbons (Fsp3) is 0.400. The third kappa shape index (κ3) is 4.17. The number of fused-ring (bicyclic) bond motifs is 1. The van der Waals surface area contributed by atoms with E-state index in [4.69, 9.17) is 4.74 Å². The number of benzene rings is 1. The second-order valence-corrected chi connectivity index (χ2v) is 6.38. The van der Waals surface area contributed by atoms with E-state index in [1.807, 2.05) is 12.1 Å². The van der Waals surface area contributed by atoms with Crippen LogP contribution < -0.4 is 16.0 Å². The van der Waals surface area contributed by atoms with Crippen molar-refractivity contribution in [1.29, 1.82) is 0 Å². The van der Waals surface area contributed by atoms with E-state index in [0.29, 0.717) is 17.4 Å². The van der Waals surface area contributed by atoms with E-state index < -0.39 is 0 Å². The average molecular weight is 334 g/mol. The van der Waals surface area contributed by atoms with Crippen molar-refractivity contribution in [2.45, 2.75) is 25.9 Å². The third-order valence-electron chi connectivity index (χ3n) is 3.44. The van der Waals surface area contributed by atoms with Crippen LogP contribution in [0.2, 0.25) is 0 Å². The lowest BCUT2D eigenvalue weighted by atomic mass is 10.2. The van der Waals surface area contributed by atoms with Crippen molar-refractivity contribution in [3.05, 3.63) is 18.2 Å². The molecule has 0 radical (unpaired) electrons. The Labute approximate surface area is 137 Å². The molecule has 0 saturated carbocycles. The Morgan fingerprint density at radius 2 is 2.26 bits per heavy atom. The van der Waals surface area contributed by atoms with Crippen molar-refractivity contribution in [2.75, 3.05) is 23.8 Å². The highest BCUT2D eigenvalue weighted by molar-refractivity contribution is 7.22. The lowest BCUT2D eigenvalue weighted by Crippen LogP contribution is -2.34. The molecule has 1 fully saturated rings. The zero-order valence-electron chi connectivity index (χ0n) is 12.7. The second kappa shape index (κ2) is 6.93. The number of anilines is 2. The van der Waals surface area contributed by atoms with Crippen molar-refractivity contribution in [3.8, 4) is 0 Å². The molecule has 1 aromatic carbocycles. The molecule has 0 aliphatic carbocycles. The molecule has 1 aliphatic rings. The van der Waals surface area contributed by atoms with Crippen molar-refractivity contribution in [1.82, 2.24) is 10.3 Å². The van der Waals surface area contributed by atoms with Crippen molar-refractivity contribution in [2.24, 2.45) is 0 Å².